The first-order valence-corrected chi connectivity index (χ1v) is 8.87. The average molecular weight is 452 g/mol. The molecule has 13 heteroatoms. The molecule has 162 valence electrons. The highest BCUT2D eigenvalue weighted by molar-refractivity contribution is 6.34. The highest BCUT2D eigenvalue weighted by Crippen LogP contribution is 2.26. The summed E-state index contributed by atoms with van der Waals surface area (Å²) in [6, 6.07) is 6.22. The Morgan fingerprint density at radius 3 is 2.03 bits per heavy atom. The molecule has 0 aliphatic carbocycles. The minimum Gasteiger partial charge on any atom is -0.462 e. The Morgan fingerprint density at radius 2 is 1.52 bits per heavy atom. The van der Waals surface area contributed by atoms with E-state index in [-0.39, 0.29) is 34.1 Å². The molecule has 0 aliphatic rings. The van der Waals surface area contributed by atoms with Gasteiger partial charge in [-0.25, -0.2) is 9.59 Å². The van der Waals surface area contributed by atoms with Gasteiger partial charge in [-0.05, 0) is 19.1 Å². The third kappa shape index (κ3) is 6.21. The van der Waals surface area contributed by atoms with Crippen LogP contribution in [-0.4, -0.2) is 40.9 Å². The van der Waals surface area contributed by atoms with Crippen molar-refractivity contribution < 1.29 is 33.7 Å². The smallest absolute Gasteiger partial charge is 0.338 e. The molecular formula is C18H14ClN3O9. The summed E-state index contributed by atoms with van der Waals surface area (Å²) in [4.78, 5) is 56.3. The maximum atomic E-state index is 12.2. The zero-order chi connectivity index (χ0) is 23.1. The summed E-state index contributed by atoms with van der Waals surface area (Å²) in [5.41, 5.74) is -1.34. The molecule has 0 spiro atoms. The van der Waals surface area contributed by atoms with E-state index in [1.807, 2.05) is 0 Å². The van der Waals surface area contributed by atoms with Gasteiger partial charge in [-0.1, -0.05) is 11.6 Å². The number of nitro groups is 2. The van der Waals surface area contributed by atoms with Gasteiger partial charge in [0.25, 0.3) is 17.3 Å². The summed E-state index contributed by atoms with van der Waals surface area (Å²) < 4.78 is 9.58. The second kappa shape index (κ2) is 10.1. The van der Waals surface area contributed by atoms with Crippen LogP contribution < -0.4 is 5.32 Å². The molecule has 2 aromatic rings. The van der Waals surface area contributed by atoms with E-state index in [0.29, 0.717) is 0 Å². The van der Waals surface area contributed by atoms with Crippen molar-refractivity contribution in [1.82, 2.24) is 0 Å². The SMILES string of the molecule is CCOC(=O)c1cc(C(=O)OCC(=O)Nc2ccc([N+](=O)[O-])cc2Cl)cc([N+](=O)[O-])c1. The van der Waals surface area contributed by atoms with Crippen LogP contribution in [0.15, 0.2) is 36.4 Å². The van der Waals surface area contributed by atoms with Crippen LogP contribution in [0.25, 0.3) is 0 Å². The number of nitrogens with one attached hydrogen (secondary N) is 1. The number of amides is 1. The van der Waals surface area contributed by atoms with Gasteiger partial charge in [0.05, 0.1) is 38.3 Å². The third-order valence-corrected chi connectivity index (χ3v) is 3.96. The predicted octanol–water partition coefficient (Wildman–Crippen LogP) is 3.13. The van der Waals surface area contributed by atoms with Crippen LogP contribution >= 0.6 is 11.6 Å². The first-order valence-electron chi connectivity index (χ1n) is 8.50. The normalized spacial score (nSPS) is 10.1. The largest absolute Gasteiger partial charge is 0.462 e. The summed E-state index contributed by atoms with van der Waals surface area (Å²) in [6.07, 6.45) is 0. The first-order chi connectivity index (χ1) is 14.6. The van der Waals surface area contributed by atoms with Gasteiger partial charge in [-0.3, -0.25) is 25.0 Å². The molecule has 0 bridgehead atoms. The molecule has 1 N–H and O–H groups in total. The van der Waals surface area contributed by atoms with E-state index in [0.717, 1.165) is 30.3 Å². The molecule has 0 aliphatic heterocycles. The van der Waals surface area contributed by atoms with E-state index in [2.05, 4.69) is 5.32 Å². The van der Waals surface area contributed by atoms with Crippen LogP contribution in [-0.2, 0) is 14.3 Å². The zero-order valence-corrected chi connectivity index (χ0v) is 16.6. The van der Waals surface area contributed by atoms with Gasteiger partial charge in [0.2, 0.25) is 0 Å². The Bertz CT molecular complexity index is 1070. The first kappa shape index (κ1) is 23.2. The summed E-state index contributed by atoms with van der Waals surface area (Å²) in [6.45, 7) is 0.774. The van der Waals surface area contributed by atoms with Crippen molar-refractivity contribution in [2.45, 2.75) is 6.92 Å². The third-order valence-electron chi connectivity index (χ3n) is 3.65. The summed E-state index contributed by atoms with van der Waals surface area (Å²) in [5, 5.41) is 24.0. The number of carbonyl (C=O) groups is 3. The molecule has 0 heterocycles. The summed E-state index contributed by atoms with van der Waals surface area (Å²) in [7, 11) is 0. The van der Waals surface area contributed by atoms with Crippen molar-refractivity contribution in [2.24, 2.45) is 0 Å². The number of nitro benzene ring substituents is 2. The maximum absolute atomic E-state index is 12.2. The average Bonchev–Trinajstić information content (AvgIpc) is 2.73. The van der Waals surface area contributed by atoms with Gasteiger partial charge >= 0.3 is 11.9 Å². The molecule has 0 atom stereocenters. The number of halogens is 1. The van der Waals surface area contributed by atoms with Crippen molar-refractivity contribution in [3.8, 4) is 0 Å². The van der Waals surface area contributed by atoms with Gasteiger partial charge < -0.3 is 14.8 Å². The molecule has 0 radical (unpaired) electrons. The number of anilines is 1. The Kier molecular flexibility index (Phi) is 7.58. The van der Waals surface area contributed by atoms with Crippen LogP contribution in [0.4, 0.5) is 17.1 Å². The van der Waals surface area contributed by atoms with Gasteiger partial charge in [0.1, 0.15) is 0 Å². The van der Waals surface area contributed by atoms with E-state index in [1.54, 1.807) is 6.92 Å². The molecule has 0 saturated carbocycles. The molecule has 0 saturated heterocycles. The van der Waals surface area contributed by atoms with E-state index >= 15 is 0 Å². The van der Waals surface area contributed by atoms with Crippen molar-refractivity contribution in [1.29, 1.82) is 0 Å². The van der Waals surface area contributed by atoms with E-state index in [1.165, 1.54) is 6.07 Å². The molecule has 0 unspecified atom stereocenters. The van der Waals surface area contributed by atoms with E-state index in [4.69, 9.17) is 21.1 Å². The monoisotopic (exact) mass is 451 g/mol. The Hall–Kier alpha value is -4.06. The number of non-ortho nitro benzene ring substituents is 2. The number of carbonyl (C=O) groups excluding carboxylic acids is 3. The van der Waals surface area contributed by atoms with Gasteiger partial charge in [0.15, 0.2) is 6.61 Å². The molecule has 2 aromatic carbocycles. The van der Waals surface area contributed by atoms with Crippen molar-refractivity contribution in [2.75, 3.05) is 18.5 Å². The van der Waals surface area contributed by atoms with E-state index in [9.17, 15) is 34.6 Å². The lowest BCUT2D eigenvalue weighted by molar-refractivity contribution is -0.385. The summed E-state index contributed by atoms with van der Waals surface area (Å²) >= 11 is 5.86. The van der Waals surface area contributed by atoms with E-state index < -0.39 is 40.0 Å². The van der Waals surface area contributed by atoms with Crippen LogP contribution in [0, 0.1) is 20.2 Å². The fraction of sp³-hybridized carbons (Fsp3) is 0.167. The highest BCUT2D eigenvalue weighted by atomic mass is 35.5. The Morgan fingerprint density at radius 1 is 0.935 bits per heavy atom. The maximum Gasteiger partial charge on any atom is 0.338 e. The molecule has 0 aromatic heterocycles. The second-order valence-corrected chi connectivity index (χ2v) is 6.20. The fourth-order valence-electron chi connectivity index (χ4n) is 2.29. The van der Waals surface area contributed by atoms with Crippen molar-refractivity contribution in [3.05, 3.63) is 72.8 Å². The number of benzene rings is 2. The molecule has 31 heavy (non-hydrogen) atoms. The van der Waals surface area contributed by atoms with Crippen LogP contribution in [0.5, 0.6) is 0 Å². The van der Waals surface area contributed by atoms with Gasteiger partial charge in [-0.2, -0.15) is 0 Å². The summed E-state index contributed by atoms with van der Waals surface area (Å²) in [5.74, 6) is -2.79. The van der Waals surface area contributed by atoms with Gasteiger partial charge in [0, 0.05) is 24.3 Å². The minimum atomic E-state index is -1.10. The lowest BCUT2D eigenvalue weighted by atomic mass is 10.1. The number of ether oxygens (including phenoxy) is 2. The minimum absolute atomic E-state index is 0.0205. The van der Waals surface area contributed by atoms with Crippen molar-refractivity contribution >= 4 is 46.5 Å². The second-order valence-electron chi connectivity index (χ2n) is 5.79. The topological polar surface area (TPSA) is 168 Å². The number of nitrogens with zero attached hydrogens (tertiary/aromatic N) is 2. The quantitative estimate of drug-likeness (QED) is 0.360. The molecular weight excluding hydrogens is 438 g/mol. The number of esters is 2. The zero-order valence-electron chi connectivity index (χ0n) is 15.8. The number of rotatable bonds is 8. The van der Waals surface area contributed by atoms with Crippen LogP contribution in [0.1, 0.15) is 27.6 Å². The van der Waals surface area contributed by atoms with Crippen LogP contribution in [0.2, 0.25) is 5.02 Å². The molecule has 2 rings (SSSR count). The van der Waals surface area contributed by atoms with Crippen molar-refractivity contribution in [3.63, 3.8) is 0 Å². The fourth-order valence-corrected chi connectivity index (χ4v) is 2.51. The highest BCUT2D eigenvalue weighted by Gasteiger charge is 2.20. The lowest BCUT2D eigenvalue weighted by Gasteiger charge is -2.09. The Labute approximate surface area is 179 Å². The van der Waals surface area contributed by atoms with Gasteiger partial charge in [-0.15, -0.1) is 0 Å². The number of hydrogen-bond donors (Lipinski definition) is 1. The van der Waals surface area contributed by atoms with Crippen LogP contribution in [0.3, 0.4) is 0 Å². The Balaban J connectivity index is 2.09. The standard InChI is InChI=1S/C18H14ClN3O9/c1-2-30-17(24)10-5-11(7-13(6-10)22(28)29)18(25)31-9-16(23)20-15-4-3-12(21(26)27)8-14(15)19/h3-8H,2,9H2,1H3,(H,20,23). The predicted molar refractivity (Wildman–Crippen MR) is 106 cm³/mol. The number of hydrogen-bond acceptors (Lipinski definition) is 9. The molecule has 1 amide bonds. The molecule has 0 fully saturated rings. The molecule has 12 nitrogen and oxygen atoms in total. The lowest BCUT2D eigenvalue weighted by Crippen LogP contribution is -2.21.